The molecule has 0 N–H and O–H groups in total. The quantitative estimate of drug-likeness (QED) is 0.447. The Morgan fingerprint density at radius 3 is 2.67 bits per heavy atom. The van der Waals surface area contributed by atoms with E-state index in [1.54, 1.807) is 7.11 Å². The third kappa shape index (κ3) is 3.62. The molecular weight excluding hydrogens is 388 g/mol. The van der Waals surface area contributed by atoms with E-state index in [2.05, 4.69) is 67.4 Å². The van der Waals surface area contributed by atoms with Gasteiger partial charge in [0.15, 0.2) is 0 Å². The van der Waals surface area contributed by atoms with Gasteiger partial charge in [-0.05, 0) is 60.8 Å². The minimum absolute atomic E-state index is 0.619. The van der Waals surface area contributed by atoms with E-state index in [0.717, 1.165) is 35.3 Å². The number of benzene rings is 2. The second kappa shape index (κ2) is 8.07. The maximum absolute atomic E-state index is 5.78. The van der Waals surface area contributed by atoms with E-state index in [1.165, 1.54) is 46.5 Å². The zero-order valence-corrected chi connectivity index (χ0v) is 18.9. The highest BCUT2D eigenvalue weighted by molar-refractivity contribution is 7.18. The molecule has 30 heavy (non-hydrogen) atoms. The highest BCUT2D eigenvalue weighted by Gasteiger charge is 2.27. The van der Waals surface area contributed by atoms with Crippen molar-refractivity contribution in [2.24, 2.45) is 11.8 Å². The molecule has 0 radical (unpaired) electrons. The van der Waals surface area contributed by atoms with Crippen molar-refractivity contribution < 1.29 is 4.74 Å². The van der Waals surface area contributed by atoms with Gasteiger partial charge in [-0.15, -0.1) is 11.3 Å². The Morgan fingerprint density at radius 1 is 1.10 bits per heavy atom. The van der Waals surface area contributed by atoms with Gasteiger partial charge in [0.05, 0.1) is 28.0 Å². The monoisotopic (exact) mass is 418 g/mol. The molecule has 0 amide bonds. The van der Waals surface area contributed by atoms with Crippen LogP contribution < -0.4 is 9.64 Å². The molecule has 1 saturated carbocycles. The van der Waals surface area contributed by atoms with Crippen molar-refractivity contribution in [1.29, 1.82) is 0 Å². The fraction of sp³-hybridized carbons (Fsp3) is 0.423. The van der Waals surface area contributed by atoms with Crippen molar-refractivity contribution in [2.45, 2.75) is 52.0 Å². The van der Waals surface area contributed by atoms with Gasteiger partial charge in [0.1, 0.15) is 5.75 Å². The van der Waals surface area contributed by atoms with E-state index in [0.29, 0.717) is 5.92 Å². The lowest BCUT2D eigenvalue weighted by Crippen LogP contribution is -2.19. The summed E-state index contributed by atoms with van der Waals surface area (Å²) in [5.74, 6) is 3.20. The third-order valence-electron chi connectivity index (χ3n) is 6.91. The van der Waals surface area contributed by atoms with Crippen LogP contribution in [0.25, 0.3) is 16.3 Å². The molecule has 0 unspecified atom stereocenters. The normalized spacial score (nSPS) is 21.3. The summed E-state index contributed by atoms with van der Waals surface area (Å²) >= 11 is 1.88. The maximum Gasteiger partial charge on any atom is 0.144 e. The van der Waals surface area contributed by atoms with Crippen molar-refractivity contribution in [2.75, 3.05) is 12.0 Å². The molecule has 0 bridgehead atoms. The van der Waals surface area contributed by atoms with Crippen molar-refractivity contribution >= 4 is 33.3 Å². The second-order valence-corrected chi connectivity index (χ2v) is 10.1. The number of aromatic nitrogens is 1. The van der Waals surface area contributed by atoms with Gasteiger partial charge in [-0.1, -0.05) is 38.1 Å². The Bertz CT molecular complexity index is 1080. The lowest BCUT2D eigenvalue weighted by Gasteiger charge is -2.29. The Labute approximate surface area is 183 Å². The molecule has 3 nitrogen and oxygen atoms in total. The van der Waals surface area contributed by atoms with Crippen molar-refractivity contribution in [3.05, 3.63) is 58.7 Å². The first-order chi connectivity index (χ1) is 14.6. The summed E-state index contributed by atoms with van der Waals surface area (Å²) in [5.41, 5.74) is 4.83. The molecule has 156 valence electrons. The SMILES string of the molecule is COc1cc2nc(C3CCC(C(C)C)CC3)sc2cc1N1C=Cc2ccccc2C1. The lowest BCUT2D eigenvalue weighted by atomic mass is 9.77. The number of rotatable bonds is 4. The fourth-order valence-electron chi connectivity index (χ4n) is 4.97. The zero-order chi connectivity index (χ0) is 20.7. The minimum Gasteiger partial charge on any atom is -0.494 e. The standard InChI is InChI=1S/C26H30N2OS/c1-17(2)18-8-10-20(11-9-18)26-27-22-14-24(29-3)23(15-25(22)30-26)28-13-12-19-6-4-5-7-21(19)16-28/h4-7,12-15,17-18,20H,8-11,16H2,1-3H3. The van der Waals surface area contributed by atoms with Gasteiger partial charge >= 0.3 is 0 Å². The highest BCUT2D eigenvalue weighted by atomic mass is 32.1. The van der Waals surface area contributed by atoms with Gasteiger partial charge in [0.2, 0.25) is 0 Å². The number of hydrogen-bond donors (Lipinski definition) is 0. The van der Waals surface area contributed by atoms with Gasteiger partial charge in [-0.3, -0.25) is 0 Å². The van der Waals surface area contributed by atoms with Crippen molar-refractivity contribution in [1.82, 2.24) is 4.98 Å². The van der Waals surface area contributed by atoms with E-state index >= 15 is 0 Å². The molecule has 1 aromatic heterocycles. The maximum atomic E-state index is 5.78. The average molecular weight is 419 g/mol. The predicted molar refractivity (Wildman–Crippen MR) is 127 cm³/mol. The molecule has 0 atom stereocenters. The Hall–Kier alpha value is -2.33. The number of anilines is 1. The van der Waals surface area contributed by atoms with Gasteiger partial charge in [-0.2, -0.15) is 0 Å². The number of fused-ring (bicyclic) bond motifs is 2. The molecule has 1 aliphatic heterocycles. The highest BCUT2D eigenvalue weighted by Crippen LogP contribution is 2.43. The summed E-state index contributed by atoms with van der Waals surface area (Å²) in [4.78, 5) is 7.32. The molecule has 0 spiro atoms. The van der Waals surface area contributed by atoms with Crippen LogP contribution in [0.1, 0.15) is 61.6 Å². The number of methoxy groups -OCH3 is 1. The molecule has 0 saturated heterocycles. The number of thiazole rings is 1. The van der Waals surface area contributed by atoms with Crippen molar-refractivity contribution in [3.63, 3.8) is 0 Å². The van der Waals surface area contributed by atoms with E-state index in [1.807, 2.05) is 11.3 Å². The number of hydrogen-bond acceptors (Lipinski definition) is 4. The van der Waals surface area contributed by atoms with E-state index in [9.17, 15) is 0 Å². The summed E-state index contributed by atoms with van der Waals surface area (Å²) in [5, 5.41) is 1.31. The van der Waals surface area contributed by atoms with Crippen LogP contribution in [0, 0.1) is 11.8 Å². The molecule has 3 aromatic rings. The summed E-state index contributed by atoms with van der Waals surface area (Å²) in [7, 11) is 1.76. The summed E-state index contributed by atoms with van der Waals surface area (Å²) in [6, 6.07) is 13.0. The van der Waals surface area contributed by atoms with Crippen molar-refractivity contribution in [3.8, 4) is 5.75 Å². The van der Waals surface area contributed by atoms with Crippen LogP contribution in [0.3, 0.4) is 0 Å². The molecule has 1 aliphatic carbocycles. The molecule has 2 aromatic carbocycles. The fourth-order valence-corrected chi connectivity index (χ4v) is 6.12. The third-order valence-corrected chi connectivity index (χ3v) is 8.09. The summed E-state index contributed by atoms with van der Waals surface area (Å²) in [6.45, 7) is 5.59. The Kier molecular flexibility index (Phi) is 5.28. The number of ether oxygens (including phenoxy) is 1. The van der Waals surface area contributed by atoms with Crippen LogP contribution in [-0.4, -0.2) is 12.1 Å². The topological polar surface area (TPSA) is 25.4 Å². The van der Waals surface area contributed by atoms with Gasteiger partial charge in [0.25, 0.3) is 0 Å². The van der Waals surface area contributed by atoms with Crippen LogP contribution in [0.15, 0.2) is 42.6 Å². The summed E-state index contributed by atoms with van der Waals surface area (Å²) < 4.78 is 7.04. The van der Waals surface area contributed by atoms with Crippen LogP contribution in [-0.2, 0) is 6.54 Å². The number of nitrogens with zero attached hydrogens (tertiary/aromatic N) is 2. The lowest BCUT2D eigenvalue weighted by molar-refractivity contribution is 0.259. The van der Waals surface area contributed by atoms with Gasteiger partial charge in [0, 0.05) is 24.7 Å². The minimum atomic E-state index is 0.619. The van der Waals surface area contributed by atoms with Gasteiger partial charge < -0.3 is 9.64 Å². The first-order valence-electron chi connectivity index (χ1n) is 11.1. The first-order valence-corrected chi connectivity index (χ1v) is 11.9. The molecular formula is C26H30N2OS. The van der Waals surface area contributed by atoms with E-state index in [-0.39, 0.29) is 0 Å². The Balaban J connectivity index is 1.44. The average Bonchev–Trinajstić information content (AvgIpc) is 3.21. The molecule has 1 fully saturated rings. The second-order valence-electron chi connectivity index (χ2n) is 9.04. The zero-order valence-electron chi connectivity index (χ0n) is 18.1. The van der Waals surface area contributed by atoms with Crippen LogP contribution in [0.2, 0.25) is 0 Å². The smallest absolute Gasteiger partial charge is 0.144 e. The summed E-state index contributed by atoms with van der Waals surface area (Å²) in [6.07, 6.45) is 9.58. The molecule has 2 aliphatic rings. The predicted octanol–water partition coefficient (Wildman–Crippen LogP) is 7.23. The van der Waals surface area contributed by atoms with Gasteiger partial charge in [-0.25, -0.2) is 4.98 Å². The molecule has 4 heteroatoms. The molecule has 5 rings (SSSR count). The van der Waals surface area contributed by atoms with Crippen LogP contribution in [0.4, 0.5) is 5.69 Å². The largest absolute Gasteiger partial charge is 0.494 e. The van der Waals surface area contributed by atoms with Crippen LogP contribution in [0.5, 0.6) is 5.75 Å². The first kappa shape index (κ1) is 19.6. The molecule has 2 heterocycles. The Morgan fingerprint density at radius 2 is 1.90 bits per heavy atom. The van der Waals surface area contributed by atoms with E-state index < -0.39 is 0 Å². The van der Waals surface area contributed by atoms with Crippen LogP contribution >= 0.6 is 11.3 Å². The van der Waals surface area contributed by atoms with E-state index in [4.69, 9.17) is 9.72 Å².